The van der Waals surface area contributed by atoms with Gasteiger partial charge in [0.15, 0.2) is 0 Å². The molecule has 1 aliphatic rings. The second kappa shape index (κ2) is 5.85. The van der Waals surface area contributed by atoms with Gasteiger partial charge in [-0.25, -0.2) is 0 Å². The monoisotopic (exact) mass is 304 g/mol. The number of amides is 2. The maximum Gasteiger partial charge on any atom is 0.247 e. The predicted octanol–water partition coefficient (Wildman–Crippen LogP) is 1.63. The maximum absolute atomic E-state index is 12.1. The molecule has 4 nitrogen and oxygen atoms in total. The number of carbonyl (C=O) groups excluding carboxylic acids is 2. The molecule has 0 saturated carbocycles. The molecule has 1 aliphatic heterocycles. The van der Waals surface area contributed by atoms with E-state index in [0.717, 1.165) is 18.2 Å². The fraction of sp³-hybridized carbons (Fsp3) is 0.833. The molecular weight excluding hydrogens is 284 g/mol. The van der Waals surface area contributed by atoms with Crippen molar-refractivity contribution in [3.05, 3.63) is 0 Å². The lowest BCUT2D eigenvalue weighted by molar-refractivity contribution is -0.157. The van der Waals surface area contributed by atoms with Gasteiger partial charge >= 0.3 is 0 Å². The number of carbonyl (C=O) groups is 2. The van der Waals surface area contributed by atoms with Crippen LogP contribution in [0.15, 0.2) is 0 Å². The number of likely N-dealkylation sites (N-methyl/N-ethyl adjacent to an activating group) is 1. The van der Waals surface area contributed by atoms with Crippen LogP contribution in [0.25, 0.3) is 0 Å². The second-order valence-electron chi connectivity index (χ2n) is 4.98. The summed E-state index contributed by atoms with van der Waals surface area (Å²) in [5.74, 6) is 0.120. The molecule has 5 heteroatoms. The Labute approximate surface area is 111 Å². The van der Waals surface area contributed by atoms with Crippen LogP contribution in [0.2, 0.25) is 0 Å². The van der Waals surface area contributed by atoms with Crippen molar-refractivity contribution in [1.82, 2.24) is 9.80 Å². The standard InChI is InChI=1S/C12H21BrN2O2/c1-12(2)11(17)14(3)8-9-15(12)10(16)6-4-5-7-13/h4-9H2,1-3H3. The zero-order valence-corrected chi connectivity index (χ0v) is 12.4. The van der Waals surface area contributed by atoms with Crippen LogP contribution in [0.3, 0.4) is 0 Å². The summed E-state index contributed by atoms with van der Waals surface area (Å²) in [6, 6.07) is 0. The highest BCUT2D eigenvalue weighted by molar-refractivity contribution is 9.09. The summed E-state index contributed by atoms with van der Waals surface area (Å²) in [6.07, 6.45) is 2.40. The van der Waals surface area contributed by atoms with Gasteiger partial charge in [0.05, 0.1) is 0 Å². The average Bonchev–Trinajstić information content (AvgIpc) is 2.26. The van der Waals surface area contributed by atoms with E-state index in [1.807, 2.05) is 13.8 Å². The molecule has 98 valence electrons. The van der Waals surface area contributed by atoms with Crippen LogP contribution in [0.1, 0.15) is 33.1 Å². The normalized spacial score (nSPS) is 19.6. The summed E-state index contributed by atoms with van der Waals surface area (Å²) in [6.45, 7) is 4.93. The molecule has 1 saturated heterocycles. The van der Waals surface area contributed by atoms with Crippen LogP contribution in [-0.2, 0) is 9.59 Å². The number of hydrogen-bond acceptors (Lipinski definition) is 2. The van der Waals surface area contributed by atoms with Gasteiger partial charge in [-0.15, -0.1) is 0 Å². The molecule has 0 atom stereocenters. The van der Waals surface area contributed by atoms with Crippen LogP contribution < -0.4 is 0 Å². The summed E-state index contributed by atoms with van der Waals surface area (Å²) in [5.41, 5.74) is -0.696. The van der Waals surface area contributed by atoms with E-state index in [2.05, 4.69) is 15.9 Å². The van der Waals surface area contributed by atoms with Crippen LogP contribution in [0.5, 0.6) is 0 Å². The second-order valence-corrected chi connectivity index (χ2v) is 5.77. The van der Waals surface area contributed by atoms with E-state index in [0.29, 0.717) is 19.5 Å². The Morgan fingerprint density at radius 1 is 1.35 bits per heavy atom. The molecule has 0 spiro atoms. The summed E-state index contributed by atoms with van der Waals surface area (Å²) in [5, 5.41) is 0.922. The van der Waals surface area contributed by atoms with Crippen molar-refractivity contribution in [2.75, 3.05) is 25.5 Å². The number of unbranched alkanes of at least 4 members (excludes halogenated alkanes) is 1. The highest BCUT2D eigenvalue weighted by atomic mass is 79.9. The lowest BCUT2D eigenvalue weighted by Crippen LogP contribution is -2.63. The average molecular weight is 305 g/mol. The molecule has 1 fully saturated rings. The first kappa shape index (κ1) is 14.5. The van der Waals surface area contributed by atoms with Gasteiger partial charge in [-0.05, 0) is 26.7 Å². The zero-order chi connectivity index (χ0) is 13.1. The Morgan fingerprint density at radius 3 is 2.59 bits per heavy atom. The molecule has 0 bridgehead atoms. The smallest absolute Gasteiger partial charge is 0.247 e. The number of nitrogens with zero attached hydrogens (tertiary/aromatic N) is 2. The minimum atomic E-state index is -0.696. The van der Waals surface area contributed by atoms with Crippen molar-refractivity contribution in [3.8, 4) is 0 Å². The number of piperazine rings is 1. The Bertz CT molecular complexity index is 305. The number of rotatable bonds is 4. The Kier molecular flexibility index (Phi) is 4.98. The summed E-state index contributed by atoms with van der Waals surface area (Å²) in [4.78, 5) is 27.5. The Hall–Kier alpha value is -0.580. The molecular formula is C12H21BrN2O2. The molecule has 0 unspecified atom stereocenters. The fourth-order valence-corrected chi connectivity index (χ4v) is 2.55. The molecule has 0 aromatic heterocycles. The Balaban J connectivity index is 2.64. The third kappa shape index (κ3) is 3.21. The van der Waals surface area contributed by atoms with Gasteiger partial charge < -0.3 is 9.80 Å². The van der Waals surface area contributed by atoms with Crippen LogP contribution in [-0.4, -0.2) is 52.6 Å². The molecule has 1 rings (SSSR count). The highest BCUT2D eigenvalue weighted by Gasteiger charge is 2.42. The first-order valence-corrected chi connectivity index (χ1v) is 7.15. The first-order chi connectivity index (χ1) is 7.91. The largest absolute Gasteiger partial charge is 0.342 e. The fourth-order valence-electron chi connectivity index (χ4n) is 2.16. The van der Waals surface area contributed by atoms with Gasteiger partial charge in [-0.3, -0.25) is 9.59 Å². The molecule has 2 amide bonds. The molecule has 0 aliphatic carbocycles. The minimum Gasteiger partial charge on any atom is -0.342 e. The van der Waals surface area contributed by atoms with E-state index >= 15 is 0 Å². The quantitative estimate of drug-likeness (QED) is 0.585. The molecule has 0 aromatic carbocycles. The van der Waals surface area contributed by atoms with E-state index in [1.54, 1.807) is 16.8 Å². The van der Waals surface area contributed by atoms with Gasteiger partial charge in [0.2, 0.25) is 11.8 Å². The lowest BCUT2D eigenvalue weighted by atomic mass is 9.97. The van der Waals surface area contributed by atoms with Gasteiger partial charge in [0, 0.05) is 31.9 Å². The third-order valence-electron chi connectivity index (χ3n) is 3.28. The molecule has 17 heavy (non-hydrogen) atoms. The predicted molar refractivity (Wildman–Crippen MR) is 71.1 cm³/mol. The summed E-state index contributed by atoms with van der Waals surface area (Å²) >= 11 is 3.35. The van der Waals surface area contributed by atoms with Gasteiger partial charge in [-0.2, -0.15) is 0 Å². The summed E-state index contributed by atoms with van der Waals surface area (Å²) < 4.78 is 0. The third-order valence-corrected chi connectivity index (χ3v) is 3.84. The lowest BCUT2D eigenvalue weighted by Gasteiger charge is -2.44. The van der Waals surface area contributed by atoms with Gasteiger partial charge in [0.1, 0.15) is 5.54 Å². The van der Waals surface area contributed by atoms with Crippen molar-refractivity contribution in [2.45, 2.75) is 38.6 Å². The topological polar surface area (TPSA) is 40.6 Å². The van der Waals surface area contributed by atoms with Crippen molar-refractivity contribution in [2.24, 2.45) is 0 Å². The molecule has 1 heterocycles. The van der Waals surface area contributed by atoms with Crippen LogP contribution in [0.4, 0.5) is 0 Å². The number of alkyl halides is 1. The number of halogens is 1. The number of hydrogen-bond donors (Lipinski definition) is 0. The van der Waals surface area contributed by atoms with Crippen molar-refractivity contribution < 1.29 is 9.59 Å². The SMILES string of the molecule is CN1CCN(C(=O)CCCCBr)C(C)(C)C1=O. The van der Waals surface area contributed by atoms with Crippen molar-refractivity contribution in [3.63, 3.8) is 0 Å². The highest BCUT2D eigenvalue weighted by Crippen LogP contribution is 2.23. The van der Waals surface area contributed by atoms with E-state index < -0.39 is 5.54 Å². The van der Waals surface area contributed by atoms with Gasteiger partial charge in [-0.1, -0.05) is 15.9 Å². The first-order valence-electron chi connectivity index (χ1n) is 6.03. The molecule has 0 aromatic rings. The maximum atomic E-state index is 12.1. The van der Waals surface area contributed by atoms with E-state index in [4.69, 9.17) is 0 Å². The summed E-state index contributed by atoms with van der Waals surface area (Å²) in [7, 11) is 1.79. The van der Waals surface area contributed by atoms with Crippen LogP contribution >= 0.6 is 15.9 Å². The van der Waals surface area contributed by atoms with Gasteiger partial charge in [0.25, 0.3) is 0 Å². The van der Waals surface area contributed by atoms with E-state index in [9.17, 15) is 9.59 Å². The van der Waals surface area contributed by atoms with Crippen LogP contribution in [0, 0.1) is 0 Å². The molecule has 0 radical (unpaired) electrons. The zero-order valence-electron chi connectivity index (χ0n) is 10.8. The van der Waals surface area contributed by atoms with E-state index in [1.165, 1.54) is 0 Å². The minimum absolute atomic E-state index is 0.0255. The van der Waals surface area contributed by atoms with Crippen molar-refractivity contribution in [1.29, 1.82) is 0 Å². The van der Waals surface area contributed by atoms with Crippen molar-refractivity contribution >= 4 is 27.7 Å². The van der Waals surface area contributed by atoms with E-state index in [-0.39, 0.29) is 11.8 Å². The Morgan fingerprint density at radius 2 is 2.00 bits per heavy atom. The molecule has 0 N–H and O–H groups in total.